The van der Waals surface area contributed by atoms with Gasteiger partial charge in [0.25, 0.3) is 0 Å². The molecule has 2 aliphatic rings. The van der Waals surface area contributed by atoms with Gasteiger partial charge in [0.2, 0.25) is 0 Å². The Morgan fingerprint density at radius 1 is 1.11 bits per heavy atom. The second kappa shape index (κ2) is 8.83. The molecule has 27 heavy (non-hydrogen) atoms. The van der Waals surface area contributed by atoms with Crippen LogP contribution in [-0.4, -0.2) is 72.7 Å². The molecule has 2 fully saturated rings. The summed E-state index contributed by atoms with van der Waals surface area (Å²) < 4.78 is 28.1. The largest absolute Gasteiger partial charge is 0.459 e. The number of aliphatic hydroxyl groups is 1. The van der Waals surface area contributed by atoms with Crippen LogP contribution in [-0.2, 0) is 33.3 Å². The summed E-state index contributed by atoms with van der Waals surface area (Å²) in [5.74, 6) is -3.64. The summed E-state index contributed by atoms with van der Waals surface area (Å²) in [6.07, 6.45) is -0.413. The van der Waals surface area contributed by atoms with Crippen molar-refractivity contribution in [3.63, 3.8) is 0 Å². The summed E-state index contributed by atoms with van der Waals surface area (Å²) in [5.41, 5.74) is 0. The Bertz CT molecular complexity index is 535. The van der Waals surface area contributed by atoms with Crippen LogP contribution in [0.25, 0.3) is 0 Å². The van der Waals surface area contributed by atoms with E-state index in [0.29, 0.717) is 6.42 Å². The van der Waals surface area contributed by atoms with Crippen LogP contribution in [0.1, 0.15) is 47.5 Å². The van der Waals surface area contributed by atoms with Crippen LogP contribution in [0.15, 0.2) is 0 Å². The van der Waals surface area contributed by atoms with E-state index in [1.165, 1.54) is 0 Å². The number of carbonyl (C=O) groups is 2. The number of hydrogen-bond acceptors (Lipinski definition) is 8. The number of carbonyl (C=O) groups excluding carboxylic acids is 2. The lowest BCUT2D eigenvalue weighted by Crippen LogP contribution is -2.62. The Hall–Kier alpha value is -1.26. The number of aliphatic hydroxyl groups excluding tert-OH is 1. The molecule has 0 bridgehead atoms. The minimum absolute atomic E-state index is 0.115. The summed E-state index contributed by atoms with van der Waals surface area (Å²) in [6.45, 7) is 8.95. The third-order valence-electron chi connectivity index (χ3n) is 4.39. The van der Waals surface area contributed by atoms with Crippen molar-refractivity contribution in [3.05, 3.63) is 0 Å². The van der Waals surface area contributed by atoms with Gasteiger partial charge in [-0.1, -0.05) is 13.3 Å². The molecule has 2 heterocycles. The Labute approximate surface area is 159 Å². The van der Waals surface area contributed by atoms with Crippen LogP contribution >= 0.6 is 0 Å². The molecule has 156 valence electrons. The number of rotatable bonds is 6. The summed E-state index contributed by atoms with van der Waals surface area (Å²) in [5, 5.41) is 12.3. The number of ether oxygens (including phenoxy) is 5. The van der Waals surface area contributed by atoms with Crippen molar-refractivity contribution in [3.8, 4) is 0 Å². The minimum Gasteiger partial charge on any atom is -0.459 e. The van der Waals surface area contributed by atoms with E-state index in [9.17, 15) is 14.7 Å². The zero-order chi connectivity index (χ0) is 20.2. The predicted octanol–water partition coefficient (Wildman–Crippen LogP) is 0.478. The normalized spacial score (nSPS) is 32.1. The molecule has 0 spiro atoms. The Morgan fingerprint density at radius 3 is 2.41 bits per heavy atom. The lowest BCUT2D eigenvalue weighted by Gasteiger charge is -2.43. The standard InChI is InChI=1S/C18H31NO8/c1-6-7-8-23-16(22)15(21)19-11-10-24-17(2,3)26-13(11)14-12(9-20)25-18(4,5)27-14/h11-14,20H,6-10H2,1-5H3,(H,19,21)/t11-,12?,13?,14-/m1/s1. The third-order valence-corrected chi connectivity index (χ3v) is 4.39. The van der Waals surface area contributed by atoms with Crippen molar-refractivity contribution in [2.24, 2.45) is 0 Å². The van der Waals surface area contributed by atoms with Crippen molar-refractivity contribution in [1.82, 2.24) is 5.32 Å². The van der Waals surface area contributed by atoms with Gasteiger partial charge in [-0.25, -0.2) is 4.79 Å². The maximum Gasteiger partial charge on any atom is 0.396 e. The molecular formula is C18H31NO8. The van der Waals surface area contributed by atoms with E-state index in [-0.39, 0.29) is 19.8 Å². The lowest BCUT2D eigenvalue weighted by atomic mass is 9.99. The molecule has 9 nitrogen and oxygen atoms in total. The van der Waals surface area contributed by atoms with Gasteiger partial charge in [0.1, 0.15) is 18.3 Å². The second-order valence-corrected chi connectivity index (χ2v) is 7.68. The molecule has 0 radical (unpaired) electrons. The summed E-state index contributed by atoms with van der Waals surface area (Å²) in [7, 11) is 0. The molecule has 0 saturated carbocycles. The fraction of sp³-hybridized carbons (Fsp3) is 0.889. The topological polar surface area (TPSA) is 113 Å². The van der Waals surface area contributed by atoms with Gasteiger partial charge in [-0.3, -0.25) is 4.79 Å². The van der Waals surface area contributed by atoms with Gasteiger partial charge >= 0.3 is 11.9 Å². The zero-order valence-electron chi connectivity index (χ0n) is 16.6. The van der Waals surface area contributed by atoms with Gasteiger partial charge in [-0.05, 0) is 34.1 Å². The number of hydrogen-bond donors (Lipinski definition) is 2. The molecule has 2 rings (SSSR count). The molecule has 0 aliphatic carbocycles. The maximum atomic E-state index is 12.2. The third kappa shape index (κ3) is 5.86. The van der Waals surface area contributed by atoms with Gasteiger partial charge in [0, 0.05) is 0 Å². The highest BCUT2D eigenvalue weighted by molar-refractivity contribution is 6.32. The number of amides is 1. The number of nitrogens with one attached hydrogen (secondary N) is 1. The molecule has 2 aliphatic heterocycles. The molecule has 2 saturated heterocycles. The Morgan fingerprint density at radius 2 is 1.78 bits per heavy atom. The zero-order valence-corrected chi connectivity index (χ0v) is 16.6. The number of unbranched alkanes of at least 4 members (excludes halogenated alkanes) is 1. The van der Waals surface area contributed by atoms with Crippen molar-refractivity contribution >= 4 is 11.9 Å². The smallest absolute Gasteiger partial charge is 0.396 e. The Kier molecular flexibility index (Phi) is 7.20. The van der Waals surface area contributed by atoms with E-state index in [1.54, 1.807) is 27.7 Å². The molecule has 9 heteroatoms. The van der Waals surface area contributed by atoms with Crippen LogP contribution in [0.3, 0.4) is 0 Å². The molecule has 0 aromatic rings. The van der Waals surface area contributed by atoms with E-state index in [2.05, 4.69) is 5.32 Å². The molecule has 0 aromatic heterocycles. The first-order valence-corrected chi connectivity index (χ1v) is 9.34. The van der Waals surface area contributed by atoms with Gasteiger partial charge in [0.05, 0.1) is 25.9 Å². The van der Waals surface area contributed by atoms with Crippen molar-refractivity contribution in [1.29, 1.82) is 0 Å². The molecule has 4 atom stereocenters. The quantitative estimate of drug-likeness (QED) is 0.383. The average Bonchev–Trinajstić information content (AvgIpc) is 2.91. The van der Waals surface area contributed by atoms with Crippen molar-refractivity contribution in [2.45, 2.75) is 83.4 Å². The van der Waals surface area contributed by atoms with E-state index >= 15 is 0 Å². The van der Waals surface area contributed by atoms with Crippen LogP contribution in [0, 0.1) is 0 Å². The first-order chi connectivity index (χ1) is 12.6. The monoisotopic (exact) mass is 389 g/mol. The average molecular weight is 389 g/mol. The van der Waals surface area contributed by atoms with Crippen LogP contribution in [0.4, 0.5) is 0 Å². The van der Waals surface area contributed by atoms with E-state index < -0.39 is 47.8 Å². The van der Waals surface area contributed by atoms with Crippen LogP contribution < -0.4 is 5.32 Å². The minimum atomic E-state index is -0.949. The number of esters is 1. The van der Waals surface area contributed by atoms with Gasteiger partial charge in [-0.15, -0.1) is 0 Å². The second-order valence-electron chi connectivity index (χ2n) is 7.68. The SMILES string of the molecule is CCCCOC(=O)C(=O)N[C@@H]1COC(C)(C)OC1[C@@H]1OC(C)(C)OC1CO. The van der Waals surface area contributed by atoms with Gasteiger partial charge in [-0.2, -0.15) is 0 Å². The predicted molar refractivity (Wildman–Crippen MR) is 93.6 cm³/mol. The first kappa shape index (κ1) is 22.0. The summed E-state index contributed by atoms with van der Waals surface area (Å²) in [4.78, 5) is 24.0. The van der Waals surface area contributed by atoms with E-state index in [4.69, 9.17) is 23.7 Å². The molecule has 2 N–H and O–H groups in total. The molecule has 2 unspecified atom stereocenters. The lowest BCUT2D eigenvalue weighted by molar-refractivity contribution is -0.302. The highest BCUT2D eigenvalue weighted by atomic mass is 16.8. The van der Waals surface area contributed by atoms with Crippen LogP contribution in [0.5, 0.6) is 0 Å². The fourth-order valence-electron chi connectivity index (χ4n) is 3.13. The van der Waals surface area contributed by atoms with Gasteiger partial charge in [0.15, 0.2) is 11.6 Å². The van der Waals surface area contributed by atoms with Gasteiger partial charge < -0.3 is 34.1 Å². The van der Waals surface area contributed by atoms with E-state index in [0.717, 1.165) is 6.42 Å². The van der Waals surface area contributed by atoms with Crippen LogP contribution in [0.2, 0.25) is 0 Å². The fourth-order valence-corrected chi connectivity index (χ4v) is 3.13. The molecular weight excluding hydrogens is 358 g/mol. The molecule has 1 amide bonds. The Balaban J connectivity index is 2.09. The summed E-state index contributed by atoms with van der Waals surface area (Å²) >= 11 is 0. The highest BCUT2D eigenvalue weighted by Crippen LogP contribution is 2.35. The first-order valence-electron chi connectivity index (χ1n) is 9.34. The highest BCUT2D eigenvalue weighted by Gasteiger charge is 2.51. The van der Waals surface area contributed by atoms with Crippen molar-refractivity contribution < 1.29 is 38.4 Å². The van der Waals surface area contributed by atoms with E-state index in [1.807, 2.05) is 6.92 Å². The maximum absolute atomic E-state index is 12.2. The summed E-state index contributed by atoms with van der Waals surface area (Å²) in [6, 6.07) is -0.666. The molecule has 0 aromatic carbocycles. The van der Waals surface area contributed by atoms with Crippen molar-refractivity contribution in [2.75, 3.05) is 19.8 Å².